The number of nitrogens with zero attached hydrogens (tertiary/aromatic N) is 2. The fourth-order valence-electron chi connectivity index (χ4n) is 2.56. The van der Waals surface area contributed by atoms with Crippen molar-refractivity contribution in [3.05, 3.63) is 23.8 Å². The molecule has 1 N–H and O–H groups in total. The van der Waals surface area contributed by atoms with Gasteiger partial charge in [0.2, 0.25) is 15.9 Å². The third-order valence-corrected chi connectivity index (χ3v) is 5.02. The quantitative estimate of drug-likeness (QED) is 0.629. The molecule has 0 bridgehead atoms. The minimum absolute atomic E-state index is 0.256. The molecule has 1 aromatic carbocycles. The monoisotopic (exact) mass is 371 g/mol. The number of sulfonamides is 1. The summed E-state index contributed by atoms with van der Waals surface area (Å²) in [5.41, 5.74) is 2.35. The molecular formula is C17H29N3O4S. The van der Waals surface area contributed by atoms with E-state index in [4.69, 9.17) is 4.74 Å². The second kappa shape index (κ2) is 9.62. The predicted octanol–water partition coefficient (Wildman–Crippen LogP) is 1.37. The molecule has 0 aromatic heterocycles. The van der Waals surface area contributed by atoms with Gasteiger partial charge in [-0.05, 0) is 44.5 Å². The maximum atomic E-state index is 12.2. The Morgan fingerprint density at radius 1 is 1.24 bits per heavy atom. The number of anilines is 2. The maximum absolute atomic E-state index is 12.2. The van der Waals surface area contributed by atoms with Crippen LogP contribution in [0.15, 0.2) is 18.2 Å². The number of benzene rings is 1. The first-order chi connectivity index (χ1) is 11.7. The normalized spacial score (nSPS) is 11.2. The van der Waals surface area contributed by atoms with Gasteiger partial charge in [-0.15, -0.1) is 0 Å². The molecule has 142 valence electrons. The maximum Gasteiger partial charge on any atom is 0.240 e. The van der Waals surface area contributed by atoms with Crippen molar-refractivity contribution in [3.63, 3.8) is 0 Å². The molecule has 1 amide bonds. The summed E-state index contributed by atoms with van der Waals surface area (Å²) >= 11 is 0. The van der Waals surface area contributed by atoms with Crippen LogP contribution in [-0.4, -0.2) is 60.5 Å². The Labute approximate surface area is 151 Å². The van der Waals surface area contributed by atoms with Crippen LogP contribution in [-0.2, 0) is 19.6 Å². The second-order valence-electron chi connectivity index (χ2n) is 5.76. The van der Waals surface area contributed by atoms with Gasteiger partial charge in [0.15, 0.2) is 0 Å². The van der Waals surface area contributed by atoms with E-state index in [2.05, 4.69) is 24.1 Å². The number of hydrogen-bond donors (Lipinski definition) is 1. The van der Waals surface area contributed by atoms with E-state index in [1.807, 2.05) is 19.1 Å². The summed E-state index contributed by atoms with van der Waals surface area (Å²) in [6.45, 7) is 8.19. The molecule has 0 aliphatic rings. The zero-order valence-electron chi connectivity index (χ0n) is 15.7. The largest absolute Gasteiger partial charge is 0.383 e. The molecular weight excluding hydrogens is 342 g/mol. The molecule has 0 saturated carbocycles. The molecule has 1 rings (SSSR count). The van der Waals surface area contributed by atoms with Crippen molar-refractivity contribution in [3.8, 4) is 0 Å². The lowest BCUT2D eigenvalue weighted by Gasteiger charge is -2.26. The fourth-order valence-corrected chi connectivity index (χ4v) is 3.48. The molecule has 0 atom stereocenters. The van der Waals surface area contributed by atoms with Crippen molar-refractivity contribution >= 4 is 27.3 Å². The van der Waals surface area contributed by atoms with Gasteiger partial charge in [-0.1, -0.05) is 0 Å². The molecule has 1 aromatic rings. The van der Waals surface area contributed by atoms with Crippen molar-refractivity contribution in [2.75, 3.05) is 55.4 Å². The first-order valence-electron chi connectivity index (χ1n) is 8.33. The topological polar surface area (TPSA) is 79.0 Å². The molecule has 8 heteroatoms. The van der Waals surface area contributed by atoms with E-state index < -0.39 is 10.0 Å². The number of ether oxygens (including phenoxy) is 1. The van der Waals surface area contributed by atoms with Crippen LogP contribution in [0.5, 0.6) is 0 Å². The molecule has 0 aliphatic heterocycles. The first kappa shape index (κ1) is 21.2. The molecule has 0 aliphatic carbocycles. The van der Waals surface area contributed by atoms with E-state index in [1.54, 1.807) is 6.07 Å². The number of amides is 1. The average Bonchev–Trinajstić information content (AvgIpc) is 2.54. The van der Waals surface area contributed by atoms with E-state index in [0.717, 1.165) is 34.9 Å². The summed E-state index contributed by atoms with van der Waals surface area (Å²) in [5, 5.41) is 2.64. The van der Waals surface area contributed by atoms with E-state index in [9.17, 15) is 13.2 Å². The Morgan fingerprint density at radius 2 is 1.88 bits per heavy atom. The van der Waals surface area contributed by atoms with Gasteiger partial charge in [0, 0.05) is 32.4 Å². The summed E-state index contributed by atoms with van der Waals surface area (Å²) in [6.07, 6.45) is 1.10. The summed E-state index contributed by atoms with van der Waals surface area (Å²) in [7, 11) is -2.05. The SMILES string of the molecule is CCN(CC)c1ccc(N(CC(=O)NCCOC)S(C)(=O)=O)c(C)c1. The molecule has 0 spiro atoms. The van der Waals surface area contributed by atoms with Crippen molar-refractivity contribution in [1.82, 2.24) is 5.32 Å². The second-order valence-corrected chi connectivity index (χ2v) is 7.66. The lowest BCUT2D eigenvalue weighted by atomic mass is 10.1. The van der Waals surface area contributed by atoms with E-state index >= 15 is 0 Å². The van der Waals surface area contributed by atoms with Gasteiger partial charge in [0.1, 0.15) is 6.54 Å². The van der Waals surface area contributed by atoms with Crippen molar-refractivity contribution < 1.29 is 17.9 Å². The Morgan fingerprint density at radius 3 is 2.36 bits per heavy atom. The number of hydrogen-bond acceptors (Lipinski definition) is 5. The first-order valence-corrected chi connectivity index (χ1v) is 10.2. The molecule has 7 nitrogen and oxygen atoms in total. The van der Waals surface area contributed by atoms with Crippen molar-refractivity contribution in [1.29, 1.82) is 0 Å². The van der Waals surface area contributed by atoms with Crippen LogP contribution in [0.25, 0.3) is 0 Å². The molecule has 0 unspecified atom stereocenters. The highest BCUT2D eigenvalue weighted by Crippen LogP contribution is 2.27. The summed E-state index contributed by atoms with van der Waals surface area (Å²) in [6, 6.07) is 5.59. The highest BCUT2D eigenvalue weighted by Gasteiger charge is 2.22. The fraction of sp³-hybridized carbons (Fsp3) is 0.588. The van der Waals surface area contributed by atoms with Gasteiger partial charge in [0.05, 0.1) is 18.6 Å². The number of aryl methyl sites for hydroxylation is 1. The smallest absolute Gasteiger partial charge is 0.240 e. The van der Waals surface area contributed by atoms with Crippen LogP contribution in [0.4, 0.5) is 11.4 Å². The van der Waals surface area contributed by atoms with Crippen LogP contribution in [0.1, 0.15) is 19.4 Å². The summed E-state index contributed by atoms with van der Waals surface area (Å²) in [4.78, 5) is 14.2. The van der Waals surface area contributed by atoms with E-state index in [1.165, 1.54) is 7.11 Å². The third-order valence-electron chi connectivity index (χ3n) is 3.89. The van der Waals surface area contributed by atoms with E-state index in [0.29, 0.717) is 18.8 Å². The summed E-state index contributed by atoms with van der Waals surface area (Å²) < 4.78 is 30.4. The van der Waals surface area contributed by atoms with Gasteiger partial charge < -0.3 is 15.0 Å². The van der Waals surface area contributed by atoms with Gasteiger partial charge in [0.25, 0.3) is 0 Å². The summed E-state index contributed by atoms with van der Waals surface area (Å²) in [5.74, 6) is -0.366. The van der Waals surface area contributed by atoms with Crippen LogP contribution in [0.2, 0.25) is 0 Å². The number of methoxy groups -OCH3 is 1. The van der Waals surface area contributed by atoms with Crippen LogP contribution < -0.4 is 14.5 Å². The Balaban J connectivity index is 3.06. The van der Waals surface area contributed by atoms with Gasteiger partial charge >= 0.3 is 0 Å². The van der Waals surface area contributed by atoms with Gasteiger partial charge in [-0.3, -0.25) is 9.10 Å². The Kier molecular flexibility index (Phi) is 8.18. The minimum Gasteiger partial charge on any atom is -0.383 e. The van der Waals surface area contributed by atoms with Crippen LogP contribution >= 0.6 is 0 Å². The lowest BCUT2D eigenvalue weighted by molar-refractivity contribution is -0.119. The lowest BCUT2D eigenvalue weighted by Crippen LogP contribution is -2.41. The Bertz CT molecular complexity index is 672. The highest BCUT2D eigenvalue weighted by molar-refractivity contribution is 7.92. The van der Waals surface area contributed by atoms with Gasteiger partial charge in [-0.25, -0.2) is 8.42 Å². The Hall–Kier alpha value is -1.80. The third kappa shape index (κ3) is 6.21. The van der Waals surface area contributed by atoms with Crippen molar-refractivity contribution in [2.45, 2.75) is 20.8 Å². The highest BCUT2D eigenvalue weighted by atomic mass is 32.2. The number of nitrogens with one attached hydrogen (secondary N) is 1. The van der Waals surface area contributed by atoms with Crippen LogP contribution in [0, 0.1) is 6.92 Å². The number of rotatable bonds is 10. The number of carbonyl (C=O) groups excluding carboxylic acids is 1. The molecule has 0 saturated heterocycles. The van der Waals surface area contributed by atoms with Crippen LogP contribution in [0.3, 0.4) is 0 Å². The standard InChI is InChI=1S/C17H29N3O4S/c1-6-19(7-2)15-8-9-16(14(3)12-15)20(25(5,22)23)13-17(21)18-10-11-24-4/h8-9,12H,6-7,10-11,13H2,1-5H3,(H,18,21). The average molecular weight is 372 g/mol. The molecule has 25 heavy (non-hydrogen) atoms. The molecule has 0 fully saturated rings. The minimum atomic E-state index is -3.58. The van der Waals surface area contributed by atoms with Crippen molar-refractivity contribution in [2.24, 2.45) is 0 Å². The molecule has 0 radical (unpaired) electrons. The number of carbonyl (C=O) groups is 1. The zero-order valence-corrected chi connectivity index (χ0v) is 16.5. The molecule has 0 heterocycles. The van der Waals surface area contributed by atoms with E-state index in [-0.39, 0.29) is 12.5 Å². The van der Waals surface area contributed by atoms with Gasteiger partial charge in [-0.2, -0.15) is 0 Å². The zero-order chi connectivity index (χ0) is 19.0. The predicted molar refractivity (Wildman–Crippen MR) is 102 cm³/mol.